The molecule has 0 spiro atoms. The lowest BCUT2D eigenvalue weighted by Gasteiger charge is -2.18. The van der Waals surface area contributed by atoms with Crippen LogP contribution in [0.1, 0.15) is 265 Å². The fourth-order valence-corrected chi connectivity index (χ4v) is 7.78. The highest BCUT2D eigenvalue weighted by atomic mass is 16.6. The smallest absolute Gasteiger partial charge is 0.306 e. The summed E-state index contributed by atoms with van der Waals surface area (Å²) >= 11 is 0. The van der Waals surface area contributed by atoms with Crippen LogP contribution >= 0.6 is 0 Å². The van der Waals surface area contributed by atoms with Crippen molar-refractivity contribution >= 4 is 17.9 Å². The summed E-state index contributed by atoms with van der Waals surface area (Å²) < 4.78 is 16.8. The average molecular weight is 960 g/mol. The number of hydrogen-bond acceptors (Lipinski definition) is 6. The monoisotopic (exact) mass is 959 g/mol. The van der Waals surface area contributed by atoms with Gasteiger partial charge in [0.1, 0.15) is 13.2 Å². The maximum Gasteiger partial charge on any atom is 0.306 e. The highest BCUT2D eigenvalue weighted by Crippen LogP contribution is 2.15. The topological polar surface area (TPSA) is 78.9 Å². The maximum atomic E-state index is 12.9. The van der Waals surface area contributed by atoms with Crippen molar-refractivity contribution in [3.8, 4) is 0 Å². The summed E-state index contributed by atoms with van der Waals surface area (Å²) in [4.78, 5) is 38.1. The second kappa shape index (κ2) is 56.9. The van der Waals surface area contributed by atoms with Gasteiger partial charge in [0, 0.05) is 19.3 Å². The van der Waals surface area contributed by atoms with Gasteiger partial charge in [-0.15, -0.1) is 0 Å². The number of carbonyl (C=O) groups excluding carboxylic acids is 3. The van der Waals surface area contributed by atoms with E-state index in [1.807, 2.05) is 0 Å². The molecule has 0 aromatic heterocycles. The summed E-state index contributed by atoms with van der Waals surface area (Å²) in [6, 6.07) is 0. The third-order valence-electron chi connectivity index (χ3n) is 12.1. The number of esters is 3. The van der Waals surface area contributed by atoms with Crippen LogP contribution in [0.4, 0.5) is 0 Å². The lowest BCUT2D eigenvalue weighted by molar-refractivity contribution is -0.167. The zero-order valence-corrected chi connectivity index (χ0v) is 45.0. The predicted octanol–water partition coefficient (Wildman–Crippen LogP) is 19.3. The molecule has 6 heteroatoms. The van der Waals surface area contributed by atoms with Crippen LogP contribution in [0.5, 0.6) is 0 Å². The largest absolute Gasteiger partial charge is 0.462 e. The Morgan fingerprint density at radius 2 is 0.580 bits per heavy atom. The van der Waals surface area contributed by atoms with Gasteiger partial charge >= 0.3 is 17.9 Å². The SMILES string of the molecule is CC/C=C\C/C=C\C/C=C\C/C=C\C/C=C\CCCC(=O)OC[C@@H](COC(=O)CCCCCCCCCCCCCCCCCCC)OC(=O)CCCCCC/C=C\C/C=C\C/C=C\CCCCC. The van der Waals surface area contributed by atoms with Gasteiger partial charge in [-0.05, 0) is 96.3 Å². The first-order valence-electron chi connectivity index (χ1n) is 28.7. The summed E-state index contributed by atoms with van der Waals surface area (Å²) in [6.45, 7) is 6.45. The lowest BCUT2D eigenvalue weighted by Crippen LogP contribution is -2.30. The molecule has 0 aromatic carbocycles. The quantitative estimate of drug-likeness (QED) is 0.0262. The molecule has 0 unspecified atom stereocenters. The van der Waals surface area contributed by atoms with E-state index in [0.29, 0.717) is 19.3 Å². The van der Waals surface area contributed by atoms with E-state index in [4.69, 9.17) is 14.2 Å². The molecule has 0 aliphatic heterocycles. The Balaban J connectivity index is 4.50. The Morgan fingerprint density at radius 3 is 0.971 bits per heavy atom. The second-order valence-corrected chi connectivity index (χ2v) is 18.8. The van der Waals surface area contributed by atoms with Gasteiger partial charge in [-0.25, -0.2) is 0 Å². The molecule has 394 valence electrons. The van der Waals surface area contributed by atoms with Crippen molar-refractivity contribution in [2.24, 2.45) is 0 Å². The zero-order valence-electron chi connectivity index (χ0n) is 45.0. The van der Waals surface area contributed by atoms with E-state index >= 15 is 0 Å². The molecule has 0 amide bonds. The molecule has 0 aliphatic rings. The van der Waals surface area contributed by atoms with Crippen LogP contribution in [-0.2, 0) is 28.6 Å². The van der Waals surface area contributed by atoms with E-state index in [-0.39, 0.29) is 37.5 Å². The highest BCUT2D eigenvalue weighted by molar-refractivity contribution is 5.71. The third kappa shape index (κ3) is 55.1. The summed E-state index contributed by atoms with van der Waals surface area (Å²) in [5.74, 6) is -0.981. The molecule has 0 radical (unpaired) electrons. The van der Waals surface area contributed by atoms with Crippen LogP contribution in [0.25, 0.3) is 0 Å². The van der Waals surface area contributed by atoms with Gasteiger partial charge in [-0.3, -0.25) is 14.4 Å². The Morgan fingerprint density at radius 1 is 0.304 bits per heavy atom. The first kappa shape index (κ1) is 65.3. The molecule has 0 N–H and O–H groups in total. The van der Waals surface area contributed by atoms with Crippen LogP contribution in [-0.4, -0.2) is 37.2 Å². The molecule has 6 nitrogen and oxygen atoms in total. The minimum Gasteiger partial charge on any atom is -0.462 e. The fraction of sp³-hybridized carbons (Fsp3) is 0.698. The molecule has 0 aromatic rings. The number of ether oxygens (including phenoxy) is 3. The molecule has 0 aliphatic carbocycles. The number of carbonyl (C=O) groups is 3. The van der Waals surface area contributed by atoms with Crippen molar-refractivity contribution in [1.29, 1.82) is 0 Å². The van der Waals surface area contributed by atoms with E-state index in [1.54, 1.807) is 0 Å². The Bertz CT molecular complexity index is 1380. The molecule has 0 saturated carbocycles. The van der Waals surface area contributed by atoms with Gasteiger partial charge in [-0.1, -0.05) is 246 Å². The van der Waals surface area contributed by atoms with Crippen LogP contribution in [0, 0.1) is 0 Å². The van der Waals surface area contributed by atoms with Gasteiger partial charge < -0.3 is 14.2 Å². The van der Waals surface area contributed by atoms with Gasteiger partial charge in [0.15, 0.2) is 6.10 Å². The number of hydrogen-bond donors (Lipinski definition) is 0. The number of unbranched alkanes of at least 4 members (excludes halogenated alkanes) is 24. The number of allylic oxidation sites excluding steroid dienone is 16. The molecule has 0 fully saturated rings. The Hall–Kier alpha value is -3.67. The molecular weight excluding hydrogens is 853 g/mol. The van der Waals surface area contributed by atoms with Crippen molar-refractivity contribution < 1.29 is 28.6 Å². The lowest BCUT2D eigenvalue weighted by atomic mass is 10.0. The second-order valence-electron chi connectivity index (χ2n) is 18.8. The van der Waals surface area contributed by atoms with Gasteiger partial charge in [0.25, 0.3) is 0 Å². The summed E-state index contributed by atoms with van der Waals surface area (Å²) in [6.07, 6.45) is 75.4. The van der Waals surface area contributed by atoms with Crippen LogP contribution < -0.4 is 0 Å². The number of rotatable bonds is 51. The molecule has 69 heavy (non-hydrogen) atoms. The molecule has 1 atom stereocenters. The minimum atomic E-state index is -0.812. The standard InChI is InChI=1S/C63H106O6/c1-4-7-10-13-16-19-22-25-28-31-34-37-40-43-46-49-52-55-61(64)67-58-60(69-63(66)57-54-51-48-45-42-39-36-33-30-27-24-21-18-15-12-9-6-3)59-68-62(65)56-53-50-47-44-41-38-35-32-29-26-23-20-17-14-11-8-5-2/h7,10,16,18-19,21,25,27-28,30,34,36-37,39,43,46,60H,4-6,8-9,11-15,17,20,22-24,26,29,31-33,35,38,40-42,44-45,47-59H2,1-3H3/b10-7-,19-16-,21-18-,28-25-,30-27-,37-34-,39-36-,46-43-/t60-/m0/s1. The van der Waals surface area contributed by atoms with Crippen molar-refractivity contribution in [2.45, 2.75) is 271 Å². The van der Waals surface area contributed by atoms with E-state index < -0.39 is 6.10 Å². The van der Waals surface area contributed by atoms with E-state index in [1.165, 1.54) is 116 Å². The van der Waals surface area contributed by atoms with Gasteiger partial charge in [0.05, 0.1) is 0 Å². The first-order valence-corrected chi connectivity index (χ1v) is 28.7. The predicted molar refractivity (Wildman–Crippen MR) is 297 cm³/mol. The van der Waals surface area contributed by atoms with Crippen molar-refractivity contribution in [3.05, 3.63) is 97.2 Å². The van der Waals surface area contributed by atoms with Crippen molar-refractivity contribution in [1.82, 2.24) is 0 Å². The van der Waals surface area contributed by atoms with Gasteiger partial charge in [-0.2, -0.15) is 0 Å². The maximum absolute atomic E-state index is 12.9. The zero-order chi connectivity index (χ0) is 50.0. The van der Waals surface area contributed by atoms with Crippen molar-refractivity contribution in [2.75, 3.05) is 13.2 Å². The normalized spacial score (nSPS) is 12.8. The summed E-state index contributed by atoms with van der Waals surface area (Å²) in [5.41, 5.74) is 0. The fourth-order valence-electron chi connectivity index (χ4n) is 7.78. The third-order valence-corrected chi connectivity index (χ3v) is 12.1. The average Bonchev–Trinajstić information content (AvgIpc) is 3.35. The summed E-state index contributed by atoms with van der Waals surface area (Å²) in [7, 11) is 0. The first-order chi connectivity index (χ1) is 34.0. The van der Waals surface area contributed by atoms with E-state index in [2.05, 4.69) is 118 Å². The Labute approximate surface area is 426 Å². The minimum absolute atomic E-state index is 0.103. The van der Waals surface area contributed by atoms with Crippen molar-refractivity contribution in [3.63, 3.8) is 0 Å². The molecule has 0 heterocycles. The molecule has 0 bridgehead atoms. The van der Waals surface area contributed by atoms with Crippen LogP contribution in [0.15, 0.2) is 97.2 Å². The van der Waals surface area contributed by atoms with Gasteiger partial charge in [0.2, 0.25) is 0 Å². The molecule has 0 saturated heterocycles. The van der Waals surface area contributed by atoms with Crippen LogP contribution in [0.3, 0.4) is 0 Å². The molecule has 0 rings (SSSR count). The highest BCUT2D eigenvalue weighted by Gasteiger charge is 2.19. The Kier molecular flexibility index (Phi) is 53.9. The molecular formula is C63H106O6. The van der Waals surface area contributed by atoms with Crippen LogP contribution in [0.2, 0.25) is 0 Å². The van der Waals surface area contributed by atoms with E-state index in [0.717, 1.165) is 103 Å². The summed E-state index contributed by atoms with van der Waals surface area (Å²) in [5, 5.41) is 0. The van der Waals surface area contributed by atoms with E-state index in [9.17, 15) is 14.4 Å².